The Morgan fingerprint density at radius 3 is 2.33 bits per heavy atom. The van der Waals surface area contributed by atoms with Crippen LogP contribution in [0.4, 0.5) is 13.2 Å². The number of benzene rings is 1. The first kappa shape index (κ1) is 17.6. The number of carbonyl (C=O) groups excluding carboxylic acids is 1. The molecule has 2 nitrogen and oxygen atoms in total. The van der Waals surface area contributed by atoms with Crippen LogP contribution >= 0.6 is 11.8 Å². The van der Waals surface area contributed by atoms with Crippen LogP contribution in [0, 0.1) is 6.92 Å². The van der Waals surface area contributed by atoms with Gasteiger partial charge in [-0.15, -0.1) is 6.58 Å². The maximum Gasteiger partial charge on any atom is 0.443 e. The van der Waals surface area contributed by atoms with E-state index in [9.17, 15) is 18.0 Å². The molecule has 116 valence electrons. The van der Waals surface area contributed by atoms with Crippen molar-refractivity contribution >= 4 is 17.7 Å². The summed E-state index contributed by atoms with van der Waals surface area (Å²) in [5.74, 6) is -0.906. The van der Waals surface area contributed by atoms with Crippen molar-refractivity contribution in [3.8, 4) is 0 Å². The van der Waals surface area contributed by atoms with Crippen molar-refractivity contribution in [3.63, 3.8) is 0 Å². The van der Waals surface area contributed by atoms with E-state index in [2.05, 4.69) is 6.58 Å². The van der Waals surface area contributed by atoms with E-state index in [1.165, 1.54) is 18.2 Å². The SMILES string of the molecule is C=CCC(SC(F)(F)F)(C(=O)OCC)c1ccc(C)cc1. The van der Waals surface area contributed by atoms with E-state index >= 15 is 0 Å². The predicted molar refractivity (Wildman–Crippen MR) is 78.0 cm³/mol. The van der Waals surface area contributed by atoms with Gasteiger partial charge in [-0.1, -0.05) is 35.9 Å². The maximum atomic E-state index is 13.0. The van der Waals surface area contributed by atoms with Crippen molar-refractivity contribution in [1.82, 2.24) is 0 Å². The smallest absolute Gasteiger partial charge is 0.443 e. The first-order valence-corrected chi connectivity index (χ1v) is 7.19. The van der Waals surface area contributed by atoms with Crippen LogP contribution in [0.3, 0.4) is 0 Å². The highest BCUT2D eigenvalue weighted by Gasteiger charge is 2.50. The molecule has 0 bridgehead atoms. The van der Waals surface area contributed by atoms with Crippen LogP contribution in [-0.4, -0.2) is 18.1 Å². The third-order valence-corrected chi connectivity index (χ3v) is 3.99. The Bertz CT molecular complexity index is 497. The van der Waals surface area contributed by atoms with Gasteiger partial charge in [0, 0.05) is 0 Å². The molecule has 0 N–H and O–H groups in total. The van der Waals surface area contributed by atoms with Crippen molar-refractivity contribution in [1.29, 1.82) is 0 Å². The zero-order valence-corrected chi connectivity index (χ0v) is 12.7. The van der Waals surface area contributed by atoms with Crippen molar-refractivity contribution in [2.24, 2.45) is 0 Å². The summed E-state index contributed by atoms with van der Waals surface area (Å²) < 4.78 is 41.9. The van der Waals surface area contributed by atoms with E-state index in [1.807, 2.05) is 6.92 Å². The number of esters is 1. The summed E-state index contributed by atoms with van der Waals surface area (Å²) in [7, 11) is 0. The molecule has 0 amide bonds. The minimum Gasteiger partial charge on any atom is -0.465 e. The van der Waals surface area contributed by atoms with Crippen LogP contribution < -0.4 is 0 Å². The number of rotatable bonds is 6. The van der Waals surface area contributed by atoms with Crippen molar-refractivity contribution in [3.05, 3.63) is 48.0 Å². The standard InChI is InChI=1S/C15H17F3O2S/c1-4-10-14(13(19)20-5-2,21-15(16,17)18)12-8-6-11(3)7-9-12/h4,6-9H,1,5,10H2,2-3H3. The summed E-state index contributed by atoms with van der Waals surface area (Å²) in [5.41, 5.74) is -3.42. The molecule has 1 atom stereocenters. The van der Waals surface area contributed by atoms with Crippen LogP contribution in [0.2, 0.25) is 0 Å². The third kappa shape index (κ3) is 4.52. The van der Waals surface area contributed by atoms with Crippen molar-refractivity contribution in [2.45, 2.75) is 30.5 Å². The number of thioether (sulfide) groups is 1. The summed E-state index contributed by atoms with van der Waals surface area (Å²) in [6.07, 6.45) is 1.13. The normalized spacial score (nSPS) is 14.3. The molecule has 1 rings (SSSR count). The van der Waals surface area contributed by atoms with Crippen LogP contribution in [0.5, 0.6) is 0 Å². The van der Waals surface area contributed by atoms with Gasteiger partial charge in [-0.3, -0.25) is 4.79 Å². The van der Waals surface area contributed by atoms with Gasteiger partial charge in [0.05, 0.1) is 6.61 Å². The zero-order chi connectivity index (χ0) is 16.1. The topological polar surface area (TPSA) is 26.3 Å². The Hall–Kier alpha value is -1.43. The Morgan fingerprint density at radius 2 is 1.90 bits per heavy atom. The molecule has 0 saturated heterocycles. The monoisotopic (exact) mass is 318 g/mol. The molecule has 21 heavy (non-hydrogen) atoms. The zero-order valence-electron chi connectivity index (χ0n) is 11.9. The molecule has 1 aromatic rings. The van der Waals surface area contributed by atoms with Gasteiger partial charge in [0.15, 0.2) is 0 Å². The lowest BCUT2D eigenvalue weighted by molar-refractivity contribution is -0.146. The van der Waals surface area contributed by atoms with E-state index in [-0.39, 0.29) is 30.4 Å². The lowest BCUT2D eigenvalue weighted by Gasteiger charge is -2.31. The van der Waals surface area contributed by atoms with Crippen LogP contribution in [0.25, 0.3) is 0 Å². The molecule has 6 heteroatoms. The first-order valence-electron chi connectivity index (χ1n) is 6.37. The largest absolute Gasteiger partial charge is 0.465 e. The third-order valence-electron chi connectivity index (χ3n) is 2.84. The van der Waals surface area contributed by atoms with E-state index in [1.54, 1.807) is 19.1 Å². The highest BCUT2D eigenvalue weighted by molar-refractivity contribution is 8.01. The molecule has 0 heterocycles. The summed E-state index contributed by atoms with van der Waals surface area (Å²) >= 11 is -0.365. The summed E-state index contributed by atoms with van der Waals surface area (Å²) in [5, 5.41) is 0. The Labute approximate surface area is 126 Å². The Kier molecular flexibility index (Phi) is 5.89. The lowest BCUT2D eigenvalue weighted by Crippen LogP contribution is -2.36. The molecule has 0 spiro atoms. The van der Waals surface area contributed by atoms with E-state index in [4.69, 9.17) is 4.74 Å². The van der Waals surface area contributed by atoms with Gasteiger partial charge in [0.2, 0.25) is 0 Å². The van der Waals surface area contributed by atoms with Crippen molar-refractivity contribution < 1.29 is 22.7 Å². The number of ether oxygens (including phenoxy) is 1. The van der Waals surface area contributed by atoms with Gasteiger partial charge < -0.3 is 4.74 Å². The predicted octanol–water partition coefficient (Wildman–Crippen LogP) is 4.58. The van der Waals surface area contributed by atoms with Gasteiger partial charge in [0.25, 0.3) is 0 Å². The molecule has 0 aliphatic heterocycles. The van der Waals surface area contributed by atoms with Crippen LogP contribution in [0.15, 0.2) is 36.9 Å². The second-order valence-electron chi connectivity index (χ2n) is 4.45. The lowest BCUT2D eigenvalue weighted by atomic mass is 9.94. The highest BCUT2D eigenvalue weighted by atomic mass is 32.2. The number of hydrogen-bond donors (Lipinski definition) is 0. The first-order chi connectivity index (χ1) is 9.75. The number of aryl methyl sites for hydroxylation is 1. The average molecular weight is 318 g/mol. The Morgan fingerprint density at radius 1 is 1.33 bits per heavy atom. The molecule has 0 aromatic heterocycles. The number of halogens is 3. The van der Waals surface area contributed by atoms with Gasteiger partial charge >= 0.3 is 11.5 Å². The van der Waals surface area contributed by atoms with Gasteiger partial charge in [-0.05, 0) is 37.6 Å². The molecule has 1 unspecified atom stereocenters. The van der Waals surface area contributed by atoms with Gasteiger partial charge in [-0.2, -0.15) is 13.2 Å². The average Bonchev–Trinajstić information content (AvgIpc) is 2.37. The maximum absolute atomic E-state index is 13.0. The number of allylic oxidation sites excluding steroid dienone is 1. The number of carbonyl (C=O) groups is 1. The fourth-order valence-corrected chi connectivity index (χ4v) is 2.93. The second kappa shape index (κ2) is 7.02. The minimum absolute atomic E-state index is 0.0159. The quantitative estimate of drug-likeness (QED) is 0.567. The van der Waals surface area contributed by atoms with Crippen LogP contribution in [-0.2, 0) is 14.3 Å². The second-order valence-corrected chi connectivity index (χ2v) is 5.82. The molecule has 0 fully saturated rings. The van der Waals surface area contributed by atoms with Crippen LogP contribution in [0.1, 0.15) is 24.5 Å². The molecule has 0 saturated carbocycles. The van der Waals surface area contributed by atoms with Crippen molar-refractivity contribution in [2.75, 3.05) is 6.61 Å². The summed E-state index contributed by atoms with van der Waals surface area (Å²) in [6, 6.07) is 6.38. The molecule has 1 aromatic carbocycles. The summed E-state index contributed by atoms with van der Waals surface area (Å²) in [6.45, 7) is 6.87. The molecule has 0 radical (unpaired) electrons. The number of alkyl halides is 3. The van der Waals surface area contributed by atoms with E-state index in [0.717, 1.165) is 5.56 Å². The van der Waals surface area contributed by atoms with Gasteiger partial charge in [-0.25, -0.2) is 0 Å². The van der Waals surface area contributed by atoms with E-state index in [0.29, 0.717) is 0 Å². The number of hydrogen-bond acceptors (Lipinski definition) is 3. The molecule has 0 aliphatic carbocycles. The van der Waals surface area contributed by atoms with Gasteiger partial charge in [0.1, 0.15) is 4.75 Å². The van der Waals surface area contributed by atoms with E-state index < -0.39 is 16.2 Å². The fraction of sp³-hybridized carbons (Fsp3) is 0.400. The molecular weight excluding hydrogens is 301 g/mol. The Balaban J connectivity index is 3.38. The summed E-state index contributed by atoms with van der Waals surface area (Å²) in [4.78, 5) is 12.2. The molecule has 0 aliphatic rings. The highest BCUT2D eigenvalue weighted by Crippen LogP contribution is 2.50. The molecular formula is C15H17F3O2S. The fourth-order valence-electron chi connectivity index (χ4n) is 1.93. The minimum atomic E-state index is -4.57.